The number of phenolic OH excluding ortho intramolecular Hbond substituents is 1. The highest BCUT2D eigenvalue weighted by Gasteiger charge is 2.30. The van der Waals surface area contributed by atoms with E-state index in [4.69, 9.17) is 17.0 Å². The number of ether oxygens (including phenoxy) is 1. The van der Waals surface area contributed by atoms with Gasteiger partial charge in [-0.1, -0.05) is 6.07 Å². The summed E-state index contributed by atoms with van der Waals surface area (Å²) in [5, 5.41) is 13.6. The number of allylic oxidation sites excluding steroid dienone is 1. The molecule has 6 heteroatoms. The number of carbonyl (C=O) groups is 1. The van der Waals surface area contributed by atoms with Gasteiger partial charge in [-0.15, -0.1) is 0 Å². The van der Waals surface area contributed by atoms with Crippen molar-refractivity contribution in [3.63, 3.8) is 0 Å². The topological polar surface area (TPSA) is 61.8 Å². The molecule has 22 heavy (non-hydrogen) atoms. The average molecular weight is 320 g/mol. The first-order valence-corrected chi connectivity index (χ1v) is 7.49. The zero-order valence-corrected chi connectivity index (χ0v) is 14.0. The number of hydrogen-bond donors (Lipinski definition) is 2. The number of nitrogens with one attached hydrogen (secondary N) is 1. The summed E-state index contributed by atoms with van der Waals surface area (Å²) in [6, 6.07) is 4.72. The average Bonchev–Trinajstić information content (AvgIpc) is 2.46. The van der Waals surface area contributed by atoms with E-state index in [1.54, 1.807) is 30.0 Å². The van der Waals surface area contributed by atoms with Gasteiger partial charge in [-0.3, -0.25) is 4.79 Å². The number of aromatic hydroxyl groups is 1. The maximum Gasteiger partial charge on any atom is 0.173 e. The molecule has 0 saturated carbocycles. The maximum absolute atomic E-state index is 12.1. The van der Waals surface area contributed by atoms with Crippen LogP contribution in [0.3, 0.4) is 0 Å². The third kappa shape index (κ3) is 2.92. The van der Waals surface area contributed by atoms with E-state index >= 15 is 0 Å². The Labute approximate surface area is 135 Å². The second kappa shape index (κ2) is 6.36. The fourth-order valence-electron chi connectivity index (χ4n) is 2.52. The lowest BCUT2D eigenvalue weighted by atomic mass is 9.92. The van der Waals surface area contributed by atoms with Crippen molar-refractivity contribution >= 4 is 23.1 Å². The highest BCUT2D eigenvalue weighted by atomic mass is 32.1. The lowest BCUT2D eigenvalue weighted by Crippen LogP contribution is -2.45. The van der Waals surface area contributed by atoms with Gasteiger partial charge in [-0.05, 0) is 50.7 Å². The fourth-order valence-corrected chi connectivity index (χ4v) is 2.78. The first-order chi connectivity index (χ1) is 10.4. The fraction of sp³-hybridized carbons (Fsp3) is 0.375. The van der Waals surface area contributed by atoms with E-state index in [-0.39, 0.29) is 17.6 Å². The summed E-state index contributed by atoms with van der Waals surface area (Å²) in [4.78, 5) is 13.9. The predicted molar refractivity (Wildman–Crippen MR) is 88.9 cm³/mol. The molecular weight excluding hydrogens is 300 g/mol. The molecule has 1 aromatic carbocycles. The number of rotatable bonds is 4. The van der Waals surface area contributed by atoms with E-state index in [0.717, 1.165) is 11.3 Å². The molecule has 0 aliphatic carbocycles. The Bertz CT molecular complexity index is 655. The van der Waals surface area contributed by atoms with E-state index < -0.39 is 0 Å². The van der Waals surface area contributed by atoms with Crippen molar-refractivity contribution in [3.8, 4) is 11.5 Å². The molecule has 2 N–H and O–H groups in total. The molecule has 0 aromatic heterocycles. The zero-order valence-electron chi connectivity index (χ0n) is 13.1. The van der Waals surface area contributed by atoms with Crippen molar-refractivity contribution in [2.75, 3.05) is 13.7 Å². The Hall–Kier alpha value is -2.08. The molecule has 1 aliphatic rings. The minimum atomic E-state index is -0.346. The molecule has 0 unspecified atom stereocenters. The number of ketones is 1. The van der Waals surface area contributed by atoms with Crippen molar-refractivity contribution in [1.29, 1.82) is 0 Å². The second-order valence-corrected chi connectivity index (χ2v) is 5.54. The summed E-state index contributed by atoms with van der Waals surface area (Å²) in [6.07, 6.45) is 0. The van der Waals surface area contributed by atoms with Gasteiger partial charge in [0.25, 0.3) is 0 Å². The number of carbonyl (C=O) groups excluding carboxylic acids is 1. The maximum atomic E-state index is 12.1. The molecule has 1 aromatic rings. The summed E-state index contributed by atoms with van der Waals surface area (Å²) < 4.78 is 5.42. The normalized spacial score (nSPS) is 18.3. The van der Waals surface area contributed by atoms with E-state index in [9.17, 15) is 9.90 Å². The minimum absolute atomic E-state index is 0.0182. The summed E-state index contributed by atoms with van der Waals surface area (Å²) in [5.74, 6) is 0.453. The zero-order chi connectivity index (χ0) is 16.4. The molecular formula is C16H20N2O3S. The van der Waals surface area contributed by atoms with Gasteiger partial charge in [0, 0.05) is 18.3 Å². The third-order valence-electron chi connectivity index (χ3n) is 3.75. The number of Topliss-reactive ketones (excluding diaryl/α,β-unsaturated/α-hetero) is 1. The van der Waals surface area contributed by atoms with Crippen LogP contribution in [0.4, 0.5) is 0 Å². The lowest BCUT2D eigenvalue weighted by Gasteiger charge is -2.35. The number of hydrogen-bond acceptors (Lipinski definition) is 4. The van der Waals surface area contributed by atoms with E-state index in [2.05, 4.69) is 5.32 Å². The standard InChI is InChI=1S/C16H20N2O3S/c1-5-21-13-8-11(6-7-12(13)20)15-14(10(3)19)9(2)18(4)16(22)17-15/h6-8,15,20H,5H2,1-4H3,(H,17,22)/t15-/m0/s1. The summed E-state index contributed by atoms with van der Waals surface area (Å²) in [7, 11) is 1.83. The number of nitrogens with zero attached hydrogens (tertiary/aromatic N) is 1. The quantitative estimate of drug-likeness (QED) is 0.831. The predicted octanol–water partition coefficient (Wildman–Crippen LogP) is 2.51. The molecule has 5 nitrogen and oxygen atoms in total. The van der Waals surface area contributed by atoms with Gasteiger partial charge in [-0.25, -0.2) is 0 Å². The molecule has 1 atom stereocenters. The van der Waals surface area contributed by atoms with Crippen LogP contribution in [0.15, 0.2) is 29.5 Å². The third-order valence-corrected chi connectivity index (χ3v) is 4.14. The molecule has 1 aliphatic heterocycles. The number of benzene rings is 1. The summed E-state index contributed by atoms with van der Waals surface area (Å²) in [5.41, 5.74) is 2.30. The Kier molecular flexibility index (Phi) is 4.71. The smallest absolute Gasteiger partial charge is 0.173 e. The minimum Gasteiger partial charge on any atom is -0.504 e. The highest BCUT2D eigenvalue weighted by molar-refractivity contribution is 7.80. The van der Waals surface area contributed by atoms with Crippen molar-refractivity contribution < 1.29 is 14.6 Å². The molecule has 0 spiro atoms. The Morgan fingerprint density at radius 1 is 1.50 bits per heavy atom. The van der Waals surface area contributed by atoms with Gasteiger partial charge in [0.05, 0.1) is 12.6 Å². The van der Waals surface area contributed by atoms with E-state index in [1.807, 2.05) is 20.9 Å². The van der Waals surface area contributed by atoms with E-state index in [0.29, 0.717) is 23.0 Å². The first-order valence-electron chi connectivity index (χ1n) is 7.08. The van der Waals surface area contributed by atoms with Crippen LogP contribution in [0.25, 0.3) is 0 Å². The van der Waals surface area contributed by atoms with Crippen LogP contribution in [0.5, 0.6) is 11.5 Å². The van der Waals surface area contributed by atoms with Gasteiger partial charge >= 0.3 is 0 Å². The summed E-state index contributed by atoms with van der Waals surface area (Å²) >= 11 is 5.32. The van der Waals surface area contributed by atoms with Crippen molar-refractivity contribution in [2.45, 2.75) is 26.8 Å². The highest BCUT2D eigenvalue weighted by Crippen LogP contribution is 2.35. The van der Waals surface area contributed by atoms with Crippen LogP contribution in [0.2, 0.25) is 0 Å². The molecule has 0 bridgehead atoms. The molecule has 0 fully saturated rings. The Balaban J connectivity index is 2.52. The Morgan fingerprint density at radius 3 is 2.77 bits per heavy atom. The molecule has 0 amide bonds. The van der Waals surface area contributed by atoms with Crippen LogP contribution in [-0.4, -0.2) is 34.6 Å². The lowest BCUT2D eigenvalue weighted by molar-refractivity contribution is -0.114. The summed E-state index contributed by atoms with van der Waals surface area (Å²) in [6.45, 7) is 5.71. The van der Waals surface area contributed by atoms with Crippen LogP contribution >= 0.6 is 12.2 Å². The van der Waals surface area contributed by atoms with Gasteiger partial charge in [-0.2, -0.15) is 0 Å². The Morgan fingerprint density at radius 2 is 2.18 bits per heavy atom. The number of phenols is 1. The number of thiocarbonyl (C=S) groups is 1. The van der Waals surface area contributed by atoms with Crippen LogP contribution in [-0.2, 0) is 4.79 Å². The largest absolute Gasteiger partial charge is 0.504 e. The van der Waals surface area contributed by atoms with Crippen LogP contribution in [0.1, 0.15) is 32.4 Å². The second-order valence-electron chi connectivity index (χ2n) is 5.16. The van der Waals surface area contributed by atoms with Crippen molar-refractivity contribution in [2.24, 2.45) is 0 Å². The van der Waals surface area contributed by atoms with Gasteiger partial charge in [0.15, 0.2) is 22.4 Å². The van der Waals surface area contributed by atoms with Gasteiger partial charge in [0.2, 0.25) is 0 Å². The van der Waals surface area contributed by atoms with Crippen molar-refractivity contribution in [3.05, 3.63) is 35.0 Å². The molecule has 0 saturated heterocycles. The van der Waals surface area contributed by atoms with Gasteiger partial charge in [0.1, 0.15) is 0 Å². The SMILES string of the molecule is CCOc1cc([C@@H]2NC(=S)N(C)C(C)=C2C(C)=O)ccc1O. The van der Waals surface area contributed by atoms with Crippen LogP contribution in [0, 0.1) is 0 Å². The van der Waals surface area contributed by atoms with Crippen LogP contribution < -0.4 is 10.1 Å². The molecule has 118 valence electrons. The molecule has 1 heterocycles. The molecule has 2 rings (SSSR count). The first kappa shape index (κ1) is 16.3. The van der Waals surface area contributed by atoms with Crippen molar-refractivity contribution in [1.82, 2.24) is 10.2 Å². The molecule has 0 radical (unpaired) electrons. The van der Waals surface area contributed by atoms with E-state index in [1.165, 1.54) is 0 Å². The monoisotopic (exact) mass is 320 g/mol. The van der Waals surface area contributed by atoms with Gasteiger partial charge < -0.3 is 20.1 Å².